The smallest absolute Gasteiger partial charge is 0.309 e. The third kappa shape index (κ3) is 5.81. The third-order valence-corrected chi connectivity index (χ3v) is 4.11. The quantitative estimate of drug-likeness (QED) is 0.578. The Bertz CT molecular complexity index is 595. The number of amides is 1. The number of rotatable bonds is 8. The molecule has 0 radical (unpaired) electrons. The van der Waals surface area contributed by atoms with Crippen LogP contribution in [0.5, 0.6) is 5.75 Å². The lowest BCUT2D eigenvalue weighted by Gasteiger charge is -2.31. The average molecular weight is 346 g/mol. The predicted octanol–water partition coefficient (Wildman–Crippen LogP) is 2.47. The predicted molar refractivity (Wildman–Crippen MR) is 96.6 cm³/mol. The first-order valence-corrected chi connectivity index (χ1v) is 8.66. The van der Waals surface area contributed by atoms with Gasteiger partial charge in [-0.25, -0.2) is 0 Å². The van der Waals surface area contributed by atoms with Gasteiger partial charge in [-0.3, -0.25) is 9.59 Å². The zero-order valence-corrected chi connectivity index (χ0v) is 14.7. The summed E-state index contributed by atoms with van der Waals surface area (Å²) in [5, 5.41) is 3.12. The fraction of sp³-hybridized carbons (Fsp3) is 0.474. The van der Waals surface area contributed by atoms with Crippen molar-refractivity contribution in [2.75, 3.05) is 38.2 Å². The van der Waals surface area contributed by atoms with E-state index in [9.17, 15) is 9.59 Å². The molecule has 0 aliphatic carbocycles. The van der Waals surface area contributed by atoms with Gasteiger partial charge in [-0.2, -0.15) is 0 Å². The number of hydrogen-bond acceptors (Lipinski definition) is 5. The van der Waals surface area contributed by atoms with Crippen molar-refractivity contribution in [1.82, 2.24) is 4.90 Å². The maximum Gasteiger partial charge on any atom is 0.309 e. The van der Waals surface area contributed by atoms with Crippen molar-refractivity contribution in [3.63, 3.8) is 0 Å². The van der Waals surface area contributed by atoms with Crippen LogP contribution in [0.15, 0.2) is 36.9 Å². The highest BCUT2D eigenvalue weighted by Gasteiger charge is 2.27. The molecule has 1 fully saturated rings. The third-order valence-electron chi connectivity index (χ3n) is 4.11. The summed E-state index contributed by atoms with van der Waals surface area (Å²) in [6.07, 6.45) is 3.01. The molecule has 1 N–H and O–H groups in total. The van der Waals surface area contributed by atoms with Crippen LogP contribution >= 0.6 is 0 Å². The Kier molecular flexibility index (Phi) is 7.32. The number of carbonyl (C=O) groups is 2. The summed E-state index contributed by atoms with van der Waals surface area (Å²) in [7, 11) is 0. The summed E-state index contributed by atoms with van der Waals surface area (Å²) in [5.41, 5.74) is 0.830. The van der Waals surface area contributed by atoms with Crippen molar-refractivity contribution in [3.8, 4) is 5.75 Å². The molecule has 1 saturated heterocycles. The van der Waals surface area contributed by atoms with Crippen LogP contribution in [0.1, 0.15) is 19.8 Å². The minimum absolute atomic E-state index is 0.0275. The molecular weight excluding hydrogens is 320 g/mol. The fourth-order valence-electron chi connectivity index (χ4n) is 2.77. The number of carbonyl (C=O) groups excluding carboxylic acids is 2. The molecule has 1 heterocycles. The number of piperidine rings is 1. The number of likely N-dealkylation sites (tertiary alicyclic amines) is 1. The number of benzene rings is 1. The van der Waals surface area contributed by atoms with Crippen LogP contribution in [0.3, 0.4) is 0 Å². The van der Waals surface area contributed by atoms with E-state index in [-0.39, 0.29) is 24.3 Å². The molecule has 1 aliphatic rings. The van der Waals surface area contributed by atoms with Gasteiger partial charge in [-0.1, -0.05) is 18.7 Å². The highest BCUT2D eigenvalue weighted by Crippen LogP contribution is 2.20. The first-order chi connectivity index (χ1) is 12.1. The maximum atomic E-state index is 12.3. The number of nitrogens with zero attached hydrogens (tertiary/aromatic N) is 1. The summed E-state index contributed by atoms with van der Waals surface area (Å²) < 4.78 is 10.5. The monoisotopic (exact) mass is 346 g/mol. The summed E-state index contributed by atoms with van der Waals surface area (Å²) in [4.78, 5) is 25.9. The lowest BCUT2D eigenvalue weighted by molar-refractivity contribution is -0.151. The molecule has 0 saturated carbocycles. The minimum atomic E-state index is -0.149. The van der Waals surface area contributed by atoms with Crippen LogP contribution in [-0.2, 0) is 14.3 Å². The number of esters is 1. The molecule has 0 unspecified atom stereocenters. The molecule has 1 aliphatic heterocycles. The van der Waals surface area contributed by atoms with Gasteiger partial charge in [0, 0.05) is 24.8 Å². The van der Waals surface area contributed by atoms with Gasteiger partial charge in [0.05, 0.1) is 19.1 Å². The molecule has 0 aromatic heterocycles. The van der Waals surface area contributed by atoms with Gasteiger partial charge in [-0.05, 0) is 31.9 Å². The van der Waals surface area contributed by atoms with Crippen LogP contribution in [0, 0.1) is 5.92 Å². The lowest BCUT2D eigenvalue weighted by Crippen LogP contribution is -2.43. The second-order valence-electron chi connectivity index (χ2n) is 5.89. The first kappa shape index (κ1) is 18.8. The molecule has 0 atom stereocenters. The van der Waals surface area contributed by atoms with E-state index >= 15 is 0 Å². The van der Waals surface area contributed by atoms with E-state index in [1.807, 2.05) is 24.3 Å². The Hall–Kier alpha value is -2.50. The summed E-state index contributed by atoms with van der Waals surface area (Å²) >= 11 is 0. The molecule has 1 amide bonds. The molecule has 136 valence electrons. The molecule has 0 bridgehead atoms. The normalized spacial score (nSPS) is 14.7. The highest BCUT2D eigenvalue weighted by atomic mass is 16.5. The maximum absolute atomic E-state index is 12.3. The Morgan fingerprint density at radius 1 is 1.36 bits per heavy atom. The van der Waals surface area contributed by atoms with Gasteiger partial charge in [0.25, 0.3) is 0 Å². The summed E-state index contributed by atoms with van der Waals surface area (Å²) in [6, 6.07) is 7.47. The standard InChI is InChI=1S/C19H26N2O4/c1-3-12-25-17-7-5-6-16(13-17)20-14-18(22)21-10-8-15(9-11-21)19(23)24-4-2/h3,5-7,13,15,20H,1,4,8-12,14H2,2H3. The van der Waals surface area contributed by atoms with Crippen molar-refractivity contribution < 1.29 is 19.1 Å². The highest BCUT2D eigenvalue weighted by molar-refractivity contribution is 5.81. The van der Waals surface area contributed by atoms with Crippen molar-refractivity contribution in [3.05, 3.63) is 36.9 Å². The Morgan fingerprint density at radius 3 is 2.80 bits per heavy atom. The molecule has 0 spiro atoms. The van der Waals surface area contributed by atoms with Gasteiger partial charge in [0.1, 0.15) is 12.4 Å². The molecule has 25 heavy (non-hydrogen) atoms. The fourth-order valence-corrected chi connectivity index (χ4v) is 2.77. The topological polar surface area (TPSA) is 67.9 Å². The van der Waals surface area contributed by atoms with Crippen molar-refractivity contribution in [2.45, 2.75) is 19.8 Å². The minimum Gasteiger partial charge on any atom is -0.489 e. The number of anilines is 1. The molecule has 1 aromatic carbocycles. The van der Waals surface area contributed by atoms with Crippen molar-refractivity contribution in [2.24, 2.45) is 5.92 Å². The van der Waals surface area contributed by atoms with Crippen LogP contribution in [0.4, 0.5) is 5.69 Å². The molecule has 2 rings (SSSR count). The van der Waals surface area contributed by atoms with Gasteiger partial charge in [0.2, 0.25) is 5.91 Å². The molecule has 6 heteroatoms. The average Bonchev–Trinajstić information content (AvgIpc) is 2.65. The SMILES string of the molecule is C=CCOc1cccc(NCC(=O)N2CCC(C(=O)OCC)CC2)c1. The van der Waals surface area contributed by atoms with Gasteiger partial charge < -0.3 is 19.7 Å². The molecule has 6 nitrogen and oxygen atoms in total. The Balaban J connectivity index is 1.77. The molecule has 1 aromatic rings. The summed E-state index contributed by atoms with van der Waals surface area (Å²) in [5.74, 6) is 0.520. The zero-order valence-electron chi connectivity index (χ0n) is 14.7. The second kappa shape index (κ2) is 9.71. The van der Waals surface area contributed by atoms with Gasteiger partial charge >= 0.3 is 5.97 Å². The first-order valence-electron chi connectivity index (χ1n) is 8.66. The van der Waals surface area contributed by atoms with E-state index in [0.717, 1.165) is 11.4 Å². The van der Waals surface area contributed by atoms with Gasteiger partial charge in [-0.15, -0.1) is 0 Å². The van der Waals surface area contributed by atoms with E-state index in [0.29, 0.717) is 39.1 Å². The van der Waals surface area contributed by atoms with Crippen LogP contribution < -0.4 is 10.1 Å². The van der Waals surface area contributed by atoms with E-state index < -0.39 is 0 Å². The number of nitrogens with one attached hydrogen (secondary N) is 1. The number of hydrogen-bond donors (Lipinski definition) is 1. The van der Waals surface area contributed by atoms with Crippen LogP contribution in [0.25, 0.3) is 0 Å². The van der Waals surface area contributed by atoms with Crippen molar-refractivity contribution in [1.29, 1.82) is 0 Å². The number of ether oxygens (including phenoxy) is 2. The molecular formula is C19H26N2O4. The Morgan fingerprint density at radius 2 is 2.12 bits per heavy atom. The largest absolute Gasteiger partial charge is 0.489 e. The van der Waals surface area contributed by atoms with Gasteiger partial charge in [0.15, 0.2) is 0 Å². The Labute approximate surface area is 148 Å². The van der Waals surface area contributed by atoms with E-state index in [4.69, 9.17) is 9.47 Å². The zero-order chi connectivity index (χ0) is 18.1. The van der Waals surface area contributed by atoms with Crippen LogP contribution in [0.2, 0.25) is 0 Å². The van der Waals surface area contributed by atoms with E-state index in [1.165, 1.54) is 0 Å². The van der Waals surface area contributed by atoms with E-state index in [2.05, 4.69) is 11.9 Å². The van der Waals surface area contributed by atoms with Crippen LogP contribution in [-0.4, -0.2) is 49.6 Å². The van der Waals surface area contributed by atoms with Crippen molar-refractivity contribution >= 4 is 17.6 Å². The second-order valence-corrected chi connectivity index (χ2v) is 5.89. The van der Waals surface area contributed by atoms with E-state index in [1.54, 1.807) is 17.9 Å². The summed E-state index contributed by atoms with van der Waals surface area (Å²) in [6.45, 7) is 7.66. The lowest BCUT2D eigenvalue weighted by atomic mass is 9.97.